The molecule has 0 aliphatic rings. The first-order valence-corrected chi connectivity index (χ1v) is 4.32. The van der Waals surface area contributed by atoms with E-state index in [1.807, 2.05) is 49.5 Å². The third-order valence-corrected chi connectivity index (χ3v) is 1.88. The van der Waals surface area contributed by atoms with Crippen LogP contribution in [-0.2, 0) is 7.05 Å². The number of aromatic nitrogens is 4. The van der Waals surface area contributed by atoms with E-state index in [4.69, 9.17) is 0 Å². The van der Waals surface area contributed by atoms with Gasteiger partial charge in [0, 0.05) is 7.05 Å². The summed E-state index contributed by atoms with van der Waals surface area (Å²) in [5.74, 6) is 0.744. The van der Waals surface area contributed by atoms with E-state index in [0.717, 1.165) is 11.4 Å². The lowest BCUT2D eigenvalue weighted by Gasteiger charge is -1.91. The summed E-state index contributed by atoms with van der Waals surface area (Å²) in [4.78, 5) is 0. The number of rotatable bonds is 2. The maximum absolute atomic E-state index is 3.85. The molecule has 0 bridgehead atoms. The van der Waals surface area contributed by atoms with Crippen molar-refractivity contribution in [2.24, 2.45) is 7.05 Å². The molecular formula is C10H10N4. The second-order valence-electron chi connectivity index (χ2n) is 2.90. The van der Waals surface area contributed by atoms with Crippen LogP contribution in [0.25, 0.3) is 12.2 Å². The third-order valence-electron chi connectivity index (χ3n) is 1.88. The van der Waals surface area contributed by atoms with Gasteiger partial charge < -0.3 is 0 Å². The Morgan fingerprint density at radius 3 is 2.57 bits per heavy atom. The molecule has 0 fully saturated rings. The molecule has 14 heavy (non-hydrogen) atoms. The molecule has 0 aliphatic heterocycles. The van der Waals surface area contributed by atoms with Crippen molar-refractivity contribution >= 4 is 12.2 Å². The van der Waals surface area contributed by atoms with Crippen LogP contribution in [0.5, 0.6) is 0 Å². The summed E-state index contributed by atoms with van der Waals surface area (Å²) in [7, 11) is 1.81. The van der Waals surface area contributed by atoms with E-state index >= 15 is 0 Å². The Balaban J connectivity index is 2.20. The van der Waals surface area contributed by atoms with Crippen molar-refractivity contribution in [2.45, 2.75) is 0 Å². The van der Waals surface area contributed by atoms with Gasteiger partial charge in [0.05, 0.1) is 0 Å². The number of hydrogen-bond donors (Lipinski definition) is 0. The zero-order valence-electron chi connectivity index (χ0n) is 7.83. The molecule has 0 unspecified atom stereocenters. The minimum atomic E-state index is 0.744. The molecule has 0 aliphatic carbocycles. The van der Waals surface area contributed by atoms with Gasteiger partial charge >= 0.3 is 0 Å². The summed E-state index contributed by atoms with van der Waals surface area (Å²) in [6.45, 7) is 0. The molecule has 1 aromatic carbocycles. The lowest BCUT2D eigenvalue weighted by molar-refractivity contribution is 0.706. The molecule has 4 nitrogen and oxygen atoms in total. The smallest absolute Gasteiger partial charge is 0.174 e. The average Bonchev–Trinajstić information content (AvgIpc) is 2.63. The Labute approximate surface area is 81.9 Å². The molecular weight excluding hydrogens is 176 g/mol. The Kier molecular flexibility index (Phi) is 2.36. The Morgan fingerprint density at radius 2 is 1.93 bits per heavy atom. The lowest BCUT2D eigenvalue weighted by atomic mass is 10.2. The van der Waals surface area contributed by atoms with Crippen molar-refractivity contribution in [1.82, 2.24) is 20.2 Å². The summed E-state index contributed by atoms with van der Waals surface area (Å²) >= 11 is 0. The molecule has 0 amide bonds. The number of aryl methyl sites for hydroxylation is 1. The van der Waals surface area contributed by atoms with Crippen LogP contribution in [0.1, 0.15) is 11.4 Å². The fraction of sp³-hybridized carbons (Fsp3) is 0.100. The first-order chi connectivity index (χ1) is 6.86. The van der Waals surface area contributed by atoms with Gasteiger partial charge in [-0.25, -0.2) is 4.68 Å². The van der Waals surface area contributed by atoms with Crippen molar-refractivity contribution in [3.05, 3.63) is 41.7 Å². The number of hydrogen-bond acceptors (Lipinski definition) is 3. The van der Waals surface area contributed by atoms with Crippen molar-refractivity contribution in [2.75, 3.05) is 0 Å². The van der Waals surface area contributed by atoms with Gasteiger partial charge in [0.1, 0.15) is 0 Å². The monoisotopic (exact) mass is 186 g/mol. The van der Waals surface area contributed by atoms with Gasteiger partial charge in [-0.3, -0.25) is 0 Å². The van der Waals surface area contributed by atoms with E-state index in [-0.39, 0.29) is 0 Å². The normalized spacial score (nSPS) is 10.9. The van der Waals surface area contributed by atoms with Gasteiger partial charge in [-0.05, 0) is 22.1 Å². The van der Waals surface area contributed by atoms with E-state index in [1.165, 1.54) is 0 Å². The molecule has 0 atom stereocenters. The van der Waals surface area contributed by atoms with E-state index in [2.05, 4.69) is 15.5 Å². The summed E-state index contributed by atoms with van der Waals surface area (Å²) < 4.78 is 1.62. The fourth-order valence-corrected chi connectivity index (χ4v) is 1.11. The fourth-order valence-electron chi connectivity index (χ4n) is 1.11. The second kappa shape index (κ2) is 3.83. The summed E-state index contributed by atoms with van der Waals surface area (Å²) in [5.41, 5.74) is 1.13. The highest BCUT2D eigenvalue weighted by Gasteiger charge is 1.94. The van der Waals surface area contributed by atoms with Gasteiger partial charge in [0.2, 0.25) is 0 Å². The van der Waals surface area contributed by atoms with E-state index < -0.39 is 0 Å². The van der Waals surface area contributed by atoms with Crippen molar-refractivity contribution in [3.63, 3.8) is 0 Å². The first kappa shape index (κ1) is 8.62. The highest BCUT2D eigenvalue weighted by Crippen LogP contribution is 2.03. The topological polar surface area (TPSA) is 43.6 Å². The molecule has 1 aromatic heterocycles. The van der Waals surface area contributed by atoms with Crippen LogP contribution in [0.4, 0.5) is 0 Å². The standard InChI is InChI=1S/C10H10N4/c1-14-10(11-12-13-14)8-7-9-5-3-2-4-6-9/h2-8H,1H3/b8-7+. The maximum atomic E-state index is 3.85. The minimum Gasteiger partial charge on any atom is -0.229 e. The highest BCUT2D eigenvalue weighted by molar-refractivity contribution is 5.66. The molecule has 1 heterocycles. The highest BCUT2D eigenvalue weighted by atomic mass is 15.5. The molecule has 0 saturated carbocycles. The minimum absolute atomic E-state index is 0.744. The van der Waals surface area contributed by atoms with Crippen LogP contribution in [0, 0.1) is 0 Å². The molecule has 0 N–H and O–H groups in total. The third kappa shape index (κ3) is 1.85. The molecule has 0 spiro atoms. The van der Waals surface area contributed by atoms with Crippen LogP contribution < -0.4 is 0 Å². The largest absolute Gasteiger partial charge is 0.229 e. The first-order valence-electron chi connectivity index (χ1n) is 4.32. The summed E-state index contributed by atoms with van der Waals surface area (Å²) in [6, 6.07) is 10.0. The van der Waals surface area contributed by atoms with Gasteiger partial charge in [0.15, 0.2) is 5.82 Å². The predicted octanol–water partition coefficient (Wildman–Crippen LogP) is 1.38. The molecule has 0 radical (unpaired) electrons. The maximum Gasteiger partial charge on any atom is 0.174 e. The predicted molar refractivity (Wildman–Crippen MR) is 54.2 cm³/mol. The van der Waals surface area contributed by atoms with Gasteiger partial charge in [-0.1, -0.05) is 36.4 Å². The average molecular weight is 186 g/mol. The van der Waals surface area contributed by atoms with Crippen LogP contribution >= 0.6 is 0 Å². The van der Waals surface area contributed by atoms with E-state index in [1.54, 1.807) is 4.68 Å². The van der Waals surface area contributed by atoms with Gasteiger partial charge in [0.25, 0.3) is 0 Å². The van der Waals surface area contributed by atoms with E-state index in [9.17, 15) is 0 Å². The Bertz CT molecular complexity index is 430. The van der Waals surface area contributed by atoms with Crippen LogP contribution in [0.3, 0.4) is 0 Å². The molecule has 70 valence electrons. The van der Waals surface area contributed by atoms with Crippen molar-refractivity contribution in [3.8, 4) is 0 Å². The number of nitrogens with zero attached hydrogens (tertiary/aromatic N) is 4. The van der Waals surface area contributed by atoms with Crippen LogP contribution in [0.2, 0.25) is 0 Å². The Hall–Kier alpha value is -1.97. The quantitative estimate of drug-likeness (QED) is 0.711. The summed E-state index contributed by atoms with van der Waals surface area (Å²) in [6.07, 6.45) is 3.86. The molecule has 2 aromatic rings. The zero-order valence-corrected chi connectivity index (χ0v) is 7.83. The summed E-state index contributed by atoms with van der Waals surface area (Å²) in [5, 5.41) is 11.1. The van der Waals surface area contributed by atoms with Crippen LogP contribution in [-0.4, -0.2) is 20.2 Å². The van der Waals surface area contributed by atoms with Crippen molar-refractivity contribution in [1.29, 1.82) is 0 Å². The molecule has 2 rings (SSSR count). The number of benzene rings is 1. The van der Waals surface area contributed by atoms with Gasteiger partial charge in [-0.15, -0.1) is 5.10 Å². The lowest BCUT2D eigenvalue weighted by Crippen LogP contribution is -1.93. The van der Waals surface area contributed by atoms with E-state index in [0.29, 0.717) is 0 Å². The second-order valence-corrected chi connectivity index (χ2v) is 2.90. The number of tetrazole rings is 1. The van der Waals surface area contributed by atoms with Crippen LogP contribution in [0.15, 0.2) is 30.3 Å². The zero-order chi connectivity index (χ0) is 9.80. The molecule has 0 saturated heterocycles. The van der Waals surface area contributed by atoms with Crippen molar-refractivity contribution < 1.29 is 0 Å². The SMILES string of the molecule is Cn1nnnc1/C=C/c1ccccc1. The van der Waals surface area contributed by atoms with Gasteiger partial charge in [-0.2, -0.15) is 0 Å². The Morgan fingerprint density at radius 1 is 1.14 bits per heavy atom. The molecule has 4 heteroatoms.